The van der Waals surface area contributed by atoms with E-state index in [1.54, 1.807) is 6.92 Å². The van der Waals surface area contributed by atoms with Gasteiger partial charge in [0, 0.05) is 38.8 Å². The predicted molar refractivity (Wildman–Crippen MR) is 83.7 cm³/mol. The monoisotopic (exact) mass is 312 g/mol. The van der Waals surface area contributed by atoms with Gasteiger partial charge >= 0.3 is 6.03 Å². The molecule has 7 heteroatoms. The third kappa shape index (κ3) is 4.84. The number of ether oxygens (including phenoxy) is 1. The molecule has 2 aliphatic heterocycles. The lowest BCUT2D eigenvalue weighted by Gasteiger charge is -2.32. The number of rotatable bonds is 5. The van der Waals surface area contributed by atoms with Crippen LogP contribution in [-0.4, -0.2) is 79.8 Å². The van der Waals surface area contributed by atoms with E-state index in [4.69, 9.17) is 4.74 Å². The molecule has 0 aromatic rings. The van der Waals surface area contributed by atoms with Crippen LogP contribution in [-0.2, 0) is 9.53 Å². The maximum atomic E-state index is 12.1. The van der Waals surface area contributed by atoms with E-state index in [-0.39, 0.29) is 18.0 Å². The van der Waals surface area contributed by atoms with Crippen molar-refractivity contribution in [1.82, 2.24) is 20.4 Å². The molecule has 126 valence electrons. The lowest BCUT2D eigenvalue weighted by molar-refractivity contribution is -0.131. The SMILES string of the molecule is CC(NC(=O)NCC(C)N1CCOCC1)C(=O)N1CCCC1. The van der Waals surface area contributed by atoms with Crippen LogP contribution in [0.4, 0.5) is 4.79 Å². The van der Waals surface area contributed by atoms with E-state index >= 15 is 0 Å². The van der Waals surface area contributed by atoms with Crippen molar-refractivity contribution >= 4 is 11.9 Å². The fraction of sp³-hybridized carbons (Fsp3) is 0.867. The number of nitrogens with zero attached hydrogens (tertiary/aromatic N) is 2. The summed E-state index contributed by atoms with van der Waals surface area (Å²) in [5.41, 5.74) is 0. The predicted octanol–water partition coefficient (Wildman–Crippen LogP) is 0.0172. The van der Waals surface area contributed by atoms with Crippen molar-refractivity contribution < 1.29 is 14.3 Å². The zero-order valence-electron chi connectivity index (χ0n) is 13.6. The molecule has 2 heterocycles. The Kier molecular flexibility index (Phi) is 6.45. The average Bonchev–Trinajstić information content (AvgIpc) is 3.07. The second-order valence-electron chi connectivity index (χ2n) is 6.11. The summed E-state index contributed by atoms with van der Waals surface area (Å²) in [6, 6.07) is -0.490. The van der Waals surface area contributed by atoms with Crippen LogP contribution >= 0.6 is 0 Å². The summed E-state index contributed by atoms with van der Waals surface area (Å²) >= 11 is 0. The number of amides is 3. The Balaban J connectivity index is 1.67. The number of morpholine rings is 1. The molecule has 0 radical (unpaired) electrons. The molecule has 7 nitrogen and oxygen atoms in total. The van der Waals surface area contributed by atoms with Crippen molar-refractivity contribution in [3.8, 4) is 0 Å². The third-order valence-electron chi connectivity index (χ3n) is 4.36. The second kappa shape index (κ2) is 8.33. The molecule has 3 amide bonds. The number of hydrogen-bond acceptors (Lipinski definition) is 4. The average molecular weight is 312 g/mol. The van der Waals surface area contributed by atoms with Gasteiger partial charge < -0.3 is 20.3 Å². The Labute approximate surface area is 132 Å². The standard InChI is InChI=1S/C15H28N4O3/c1-12(18-7-9-22-10-8-18)11-16-15(21)17-13(2)14(20)19-5-3-4-6-19/h12-13H,3-11H2,1-2H3,(H2,16,17,21). The molecule has 2 rings (SSSR count). The van der Waals surface area contributed by atoms with E-state index < -0.39 is 6.04 Å². The number of carbonyl (C=O) groups excluding carboxylic acids is 2. The molecule has 2 aliphatic rings. The van der Waals surface area contributed by atoms with Gasteiger partial charge in [0.05, 0.1) is 13.2 Å². The molecule has 22 heavy (non-hydrogen) atoms. The van der Waals surface area contributed by atoms with Crippen molar-refractivity contribution in [1.29, 1.82) is 0 Å². The minimum absolute atomic E-state index is 0.00822. The fourth-order valence-corrected chi connectivity index (χ4v) is 2.91. The van der Waals surface area contributed by atoms with E-state index in [2.05, 4.69) is 22.5 Å². The van der Waals surface area contributed by atoms with Crippen LogP contribution in [0.3, 0.4) is 0 Å². The Morgan fingerprint density at radius 3 is 2.36 bits per heavy atom. The highest BCUT2D eigenvalue weighted by Gasteiger charge is 2.24. The number of urea groups is 1. The van der Waals surface area contributed by atoms with E-state index in [0.717, 1.165) is 52.2 Å². The van der Waals surface area contributed by atoms with Gasteiger partial charge in [-0.3, -0.25) is 9.69 Å². The smallest absolute Gasteiger partial charge is 0.315 e. The molecule has 0 aromatic carbocycles. The highest BCUT2D eigenvalue weighted by Crippen LogP contribution is 2.09. The number of nitrogens with one attached hydrogen (secondary N) is 2. The van der Waals surface area contributed by atoms with E-state index in [0.29, 0.717) is 6.54 Å². The molecule has 0 bridgehead atoms. The number of hydrogen-bond donors (Lipinski definition) is 2. The summed E-state index contributed by atoms with van der Waals surface area (Å²) in [7, 11) is 0. The van der Waals surface area contributed by atoms with Gasteiger partial charge in [0.1, 0.15) is 6.04 Å². The van der Waals surface area contributed by atoms with Gasteiger partial charge in [-0.2, -0.15) is 0 Å². The van der Waals surface area contributed by atoms with Crippen LogP contribution in [0, 0.1) is 0 Å². The summed E-state index contributed by atoms with van der Waals surface area (Å²) in [5, 5.41) is 5.58. The van der Waals surface area contributed by atoms with Crippen LogP contribution in [0.5, 0.6) is 0 Å². The van der Waals surface area contributed by atoms with Crippen LogP contribution in [0.15, 0.2) is 0 Å². The Hall–Kier alpha value is -1.34. The van der Waals surface area contributed by atoms with Crippen molar-refractivity contribution in [2.75, 3.05) is 45.9 Å². The first-order valence-corrected chi connectivity index (χ1v) is 8.23. The molecule has 0 aromatic heterocycles. The Morgan fingerprint density at radius 2 is 1.73 bits per heavy atom. The highest BCUT2D eigenvalue weighted by atomic mass is 16.5. The molecule has 2 N–H and O–H groups in total. The molecule has 0 saturated carbocycles. The van der Waals surface area contributed by atoms with Crippen LogP contribution in [0.1, 0.15) is 26.7 Å². The van der Waals surface area contributed by atoms with Gasteiger partial charge in [-0.25, -0.2) is 4.79 Å². The maximum Gasteiger partial charge on any atom is 0.315 e. The fourth-order valence-electron chi connectivity index (χ4n) is 2.91. The topological polar surface area (TPSA) is 73.9 Å². The van der Waals surface area contributed by atoms with Gasteiger partial charge in [-0.05, 0) is 26.7 Å². The molecule has 2 unspecified atom stereocenters. The van der Waals surface area contributed by atoms with Gasteiger partial charge in [0.2, 0.25) is 5.91 Å². The second-order valence-corrected chi connectivity index (χ2v) is 6.11. The van der Waals surface area contributed by atoms with Crippen molar-refractivity contribution in [3.63, 3.8) is 0 Å². The maximum absolute atomic E-state index is 12.1. The minimum Gasteiger partial charge on any atom is -0.379 e. The minimum atomic E-state index is -0.475. The zero-order chi connectivity index (χ0) is 15.9. The zero-order valence-corrected chi connectivity index (χ0v) is 13.6. The lowest BCUT2D eigenvalue weighted by atomic mass is 10.2. The van der Waals surface area contributed by atoms with Crippen molar-refractivity contribution in [2.45, 2.75) is 38.8 Å². The Bertz CT molecular complexity index is 379. The normalized spacial score (nSPS) is 22.2. The van der Waals surface area contributed by atoms with Crippen LogP contribution < -0.4 is 10.6 Å². The van der Waals surface area contributed by atoms with Gasteiger partial charge in [0.25, 0.3) is 0 Å². The van der Waals surface area contributed by atoms with E-state index in [1.807, 2.05) is 4.90 Å². The molecule has 0 aliphatic carbocycles. The summed E-state index contributed by atoms with van der Waals surface area (Å²) in [6.07, 6.45) is 2.11. The number of likely N-dealkylation sites (tertiary alicyclic amines) is 1. The van der Waals surface area contributed by atoms with Gasteiger partial charge in [0.15, 0.2) is 0 Å². The quantitative estimate of drug-likeness (QED) is 0.750. The van der Waals surface area contributed by atoms with Crippen molar-refractivity contribution in [3.05, 3.63) is 0 Å². The van der Waals surface area contributed by atoms with Crippen LogP contribution in [0.25, 0.3) is 0 Å². The Morgan fingerprint density at radius 1 is 1.09 bits per heavy atom. The van der Waals surface area contributed by atoms with Gasteiger partial charge in [-0.15, -0.1) is 0 Å². The third-order valence-corrected chi connectivity index (χ3v) is 4.36. The molecule has 2 fully saturated rings. The van der Waals surface area contributed by atoms with E-state index in [9.17, 15) is 9.59 Å². The van der Waals surface area contributed by atoms with E-state index in [1.165, 1.54) is 0 Å². The summed E-state index contributed by atoms with van der Waals surface area (Å²) < 4.78 is 5.32. The van der Waals surface area contributed by atoms with Crippen molar-refractivity contribution in [2.24, 2.45) is 0 Å². The first-order valence-electron chi connectivity index (χ1n) is 8.23. The number of carbonyl (C=O) groups is 2. The largest absolute Gasteiger partial charge is 0.379 e. The molecule has 2 saturated heterocycles. The summed E-state index contributed by atoms with van der Waals surface area (Å²) in [4.78, 5) is 28.2. The first-order chi connectivity index (χ1) is 10.6. The van der Waals surface area contributed by atoms with Crippen LogP contribution in [0.2, 0.25) is 0 Å². The summed E-state index contributed by atoms with van der Waals surface area (Å²) in [6.45, 7) is 9.30. The molecular formula is C15H28N4O3. The molecule has 2 atom stereocenters. The first kappa shape index (κ1) is 17.0. The highest BCUT2D eigenvalue weighted by molar-refractivity contribution is 5.86. The molecular weight excluding hydrogens is 284 g/mol. The summed E-state index contributed by atoms with van der Waals surface area (Å²) in [5.74, 6) is 0.00822. The lowest BCUT2D eigenvalue weighted by Crippen LogP contribution is -2.52. The van der Waals surface area contributed by atoms with Gasteiger partial charge in [-0.1, -0.05) is 0 Å². The molecule has 0 spiro atoms.